The summed E-state index contributed by atoms with van der Waals surface area (Å²) in [6, 6.07) is 0. The van der Waals surface area contributed by atoms with E-state index in [0.29, 0.717) is 11.5 Å². The first-order valence-corrected chi connectivity index (χ1v) is 12.9. The van der Waals surface area contributed by atoms with Gasteiger partial charge >= 0.3 is 0 Å². The highest BCUT2D eigenvalue weighted by molar-refractivity contribution is 5.43. The molecule has 7 nitrogen and oxygen atoms in total. The van der Waals surface area contributed by atoms with Gasteiger partial charge in [0.1, 0.15) is 17.3 Å². The predicted octanol–water partition coefficient (Wildman–Crippen LogP) is 1.28. The summed E-state index contributed by atoms with van der Waals surface area (Å²) < 4.78 is 0. The number of allylic oxidation sites excluding steroid dienone is 2. The maximum Gasteiger partial charge on any atom is 0.123 e. The predicted molar refractivity (Wildman–Crippen MR) is 127 cm³/mol. The zero-order valence-corrected chi connectivity index (χ0v) is 20.9. The Kier molecular flexibility index (Phi) is 6.68. The minimum atomic E-state index is -2.09. The summed E-state index contributed by atoms with van der Waals surface area (Å²) in [6.45, 7) is 7.96. The average Bonchev–Trinajstić information content (AvgIpc) is 3.09. The van der Waals surface area contributed by atoms with Crippen LogP contribution in [0, 0.1) is 34.5 Å². The maximum atomic E-state index is 12.2. The van der Waals surface area contributed by atoms with Crippen molar-refractivity contribution in [2.24, 2.45) is 34.5 Å². The molecule has 0 aliphatic heterocycles. The van der Waals surface area contributed by atoms with E-state index in [9.17, 15) is 35.7 Å². The van der Waals surface area contributed by atoms with Crippen LogP contribution in [0.5, 0.6) is 0 Å². The molecule has 7 N–H and O–H groups in total. The van der Waals surface area contributed by atoms with Crippen molar-refractivity contribution in [2.45, 2.75) is 102 Å². The third kappa shape index (κ3) is 3.35. The second-order valence-corrected chi connectivity index (χ2v) is 12.4. The Morgan fingerprint density at radius 1 is 1.00 bits per heavy atom. The molecule has 4 rings (SSSR count). The standard InChI is InChI=1S/C27H44O7/c1-15(2)6-5-7-16(3)17-8-9-18-19-10-22(31)26(33)12-21(30)20(29)11-25(26,14-28)27(19,34)23(32)13-24(17,18)4/h5,7,10,15-18,20-23,28-34H,6,8-9,11-14H2,1-4H3. The number of rotatable bonds is 5. The van der Waals surface area contributed by atoms with Gasteiger partial charge in [-0.15, -0.1) is 0 Å². The van der Waals surface area contributed by atoms with Crippen LogP contribution in [0.15, 0.2) is 23.8 Å². The second kappa shape index (κ2) is 8.65. The van der Waals surface area contributed by atoms with Gasteiger partial charge in [0.2, 0.25) is 0 Å². The molecule has 0 heterocycles. The molecule has 7 heteroatoms. The van der Waals surface area contributed by atoms with Crippen molar-refractivity contribution in [1.29, 1.82) is 0 Å². The average molecular weight is 481 g/mol. The van der Waals surface area contributed by atoms with E-state index < -0.39 is 54.1 Å². The Morgan fingerprint density at radius 3 is 2.26 bits per heavy atom. The van der Waals surface area contributed by atoms with Gasteiger partial charge in [0.25, 0.3) is 0 Å². The third-order valence-corrected chi connectivity index (χ3v) is 10.2. The molecule has 3 fully saturated rings. The number of aliphatic hydroxyl groups excluding tert-OH is 5. The molecule has 4 aliphatic rings. The summed E-state index contributed by atoms with van der Waals surface area (Å²) in [4.78, 5) is 0. The van der Waals surface area contributed by atoms with Gasteiger partial charge < -0.3 is 35.7 Å². The van der Waals surface area contributed by atoms with E-state index in [1.165, 1.54) is 6.08 Å². The van der Waals surface area contributed by atoms with Crippen LogP contribution in [-0.4, -0.2) is 78.0 Å². The highest BCUT2D eigenvalue weighted by Gasteiger charge is 2.76. The molecule has 0 spiro atoms. The van der Waals surface area contributed by atoms with Crippen LogP contribution >= 0.6 is 0 Å². The zero-order valence-electron chi connectivity index (χ0n) is 20.9. The Morgan fingerprint density at radius 2 is 1.65 bits per heavy atom. The fourth-order valence-corrected chi connectivity index (χ4v) is 8.33. The molecular weight excluding hydrogens is 436 g/mol. The molecule has 194 valence electrons. The van der Waals surface area contributed by atoms with E-state index in [1.54, 1.807) is 0 Å². The van der Waals surface area contributed by atoms with Crippen LogP contribution < -0.4 is 0 Å². The lowest BCUT2D eigenvalue weighted by Crippen LogP contribution is -2.79. The van der Waals surface area contributed by atoms with Gasteiger partial charge in [-0.2, -0.15) is 0 Å². The lowest BCUT2D eigenvalue weighted by molar-refractivity contribution is -0.310. The lowest BCUT2D eigenvalue weighted by atomic mass is 9.42. The SMILES string of the molecule is CC(C)CC=CC(C)C1CCC2C3=CC(O)C4(O)CC(O)C(O)CC4(CO)C3(O)C(O)CC21C. The van der Waals surface area contributed by atoms with Crippen molar-refractivity contribution >= 4 is 0 Å². The van der Waals surface area contributed by atoms with Crippen molar-refractivity contribution in [3.63, 3.8) is 0 Å². The molecule has 0 radical (unpaired) electrons. The molecule has 11 atom stereocenters. The number of hydrogen-bond acceptors (Lipinski definition) is 7. The van der Waals surface area contributed by atoms with Crippen LogP contribution in [0.1, 0.15) is 66.2 Å². The minimum Gasteiger partial charge on any atom is -0.396 e. The van der Waals surface area contributed by atoms with Gasteiger partial charge in [-0.05, 0) is 66.8 Å². The van der Waals surface area contributed by atoms with Gasteiger partial charge in [0.15, 0.2) is 0 Å². The van der Waals surface area contributed by atoms with Crippen molar-refractivity contribution in [3.8, 4) is 0 Å². The quantitative estimate of drug-likeness (QED) is 0.294. The number of fused-ring (bicyclic) bond motifs is 5. The highest BCUT2D eigenvalue weighted by Crippen LogP contribution is 2.69. The molecular formula is C27H44O7. The van der Waals surface area contributed by atoms with Gasteiger partial charge in [-0.3, -0.25) is 0 Å². The van der Waals surface area contributed by atoms with Gasteiger partial charge in [-0.25, -0.2) is 0 Å². The fourth-order valence-electron chi connectivity index (χ4n) is 8.33. The van der Waals surface area contributed by atoms with Crippen LogP contribution in [0.2, 0.25) is 0 Å². The van der Waals surface area contributed by atoms with Gasteiger partial charge in [0.05, 0.1) is 30.3 Å². The lowest BCUT2D eigenvalue weighted by Gasteiger charge is -2.67. The van der Waals surface area contributed by atoms with Crippen molar-refractivity contribution in [3.05, 3.63) is 23.8 Å². The maximum absolute atomic E-state index is 12.2. The smallest absolute Gasteiger partial charge is 0.123 e. The van der Waals surface area contributed by atoms with Gasteiger partial charge in [0, 0.05) is 6.42 Å². The summed E-state index contributed by atoms with van der Waals surface area (Å²) in [7, 11) is 0. The summed E-state index contributed by atoms with van der Waals surface area (Å²) in [5, 5.41) is 77.9. The summed E-state index contributed by atoms with van der Waals surface area (Å²) >= 11 is 0. The molecule has 3 saturated carbocycles. The molecule has 0 aromatic carbocycles. The first kappa shape index (κ1) is 26.3. The van der Waals surface area contributed by atoms with E-state index in [4.69, 9.17) is 0 Å². The minimum absolute atomic E-state index is 0.140. The zero-order chi connectivity index (χ0) is 25.3. The Hall–Kier alpha value is -0.800. The van der Waals surface area contributed by atoms with E-state index in [2.05, 4.69) is 39.8 Å². The molecule has 11 unspecified atom stereocenters. The molecule has 4 aliphatic carbocycles. The van der Waals surface area contributed by atoms with Crippen LogP contribution in [0.4, 0.5) is 0 Å². The highest BCUT2D eigenvalue weighted by atomic mass is 16.4. The fraction of sp³-hybridized carbons (Fsp3) is 0.852. The molecule has 0 aromatic rings. The first-order chi connectivity index (χ1) is 15.8. The Labute approximate surface area is 202 Å². The normalized spacial score (nSPS) is 51.7. The summed E-state index contributed by atoms with van der Waals surface area (Å²) in [5.41, 5.74) is -5.78. The Balaban J connectivity index is 1.77. The van der Waals surface area contributed by atoms with Gasteiger partial charge in [-0.1, -0.05) is 45.9 Å². The molecule has 34 heavy (non-hydrogen) atoms. The van der Waals surface area contributed by atoms with Crippen molar-refractivity contribution < 1.29 is 35.7 Å². The molecule has 0 amide bonds. The van der Waals surface area contributed by atoms with Crippen LogP contribution in [0.25, 0.3) is 0 Å². The molecule has 0 aromatic heterocycles. The second-order valence-electron chi connectivity index (χ2n) is 12.4. The van der Waals surface area contributed by atoms with E-state index in [1.807, 2.05) is 0 Å². The van der Waals surface area contributed by atoms with E-state index in [-0.39, 0.29) is 36.0 Å². The van der Waals surface area contributed by atoms with Crippen molar-refractivity contribution in [1.82, 2.24) is 0 Å². The topological polar surface area (TPSA) is 142 Å². The van der Waals surface area contributed by atoms with E-state index in [0.717, 1.165) is 19.3 Å². The van der Waals surface area contributed by atoms with Crippen LogP contribution in [-0.2, 0) is 0 Å². The molecule has 0 bridgehead atoms. The summed E-state index contributed by atoms with van der Waals surface area (Å²) in [6.07, 6.45) is 2.80. The number of aliphatic hydroxyl groups is 7. The third-order valence-electron chi connectivity index (χ3n) is 10.2. The Bertz CT molecular complexity index is 841. The largest absolute Gasteiger partial charge is 0.396 e. The van der Waals surface area contributed by atoms with Crippen molar-refractivity contribution in [2.75, 3.05) is 6.61 Å². The molecule has 0 saturated heterocycles. The number of hydrogen-bond donors (Lipinski definition) is 7. The monoisotopic (exact) mass is 480 g/mol. The van der Waals surface area contributed by atoms with E-state index >= 15 is 0 Å². The van der Waals surface area contributed by atoms with Crippen LogP contribution in [0.3, 0.4) is 0 Å². The summed E-state index contributed by atoms with van der Waals surface area (Å²) in [5.74, 6) is 0.978. The first-order valence-electron chi connectivity index (χ1n) is 12.9.